The number of aromatic amines is 1. The summed E-state index contributed by atoms with van der Waals surface area (Å²) < 4.78 is 0. The van der Waals surface area contributed by atoms with E-state index >= 15 is 0 Å². The van der Waals surface area contributed by atoms with Gasteiger partial charge in [-0.3, -0.25) is 19.2 Å². The molecule has 0 saturated heterocycles. The minimum atomic E-state index is -1.24. The van der Waals surface area contributed by atoms with Crippen LogP contribution in [0.1, 0.15) is 99.9 Å². The van der Waals surface area contributed by atoms with Gasteiger partial charge in [0, 0.05) is 23.1 Å². The number of Topliss-reactive ketones (excluding diaryl/α,β-unsaturated/α-hetero) is 1. The Morgan fingerprint density at radius 1 is 1.00 bits per heavy atom. The number of rotatable bonds is 9. The standard InChI is InChI=1S/C29H39N3O5/c1-18(2)20-13-14-22-23(16-30-24(22)15-20)27(35)29(37)32(17-25(33)34)26(19-9-5-3-6-10-19)28(36)31-21-11-7-4-8-12-21/h13-16,18-19,21,26,30H,3-12,17H2,1-2H3,(H,31,36)(H,33,34). The van der Waals surface area contributed by atoms with Crippen LogP contribution in [0.2, 0.25) is 0 Å². The Balaban J connectivity index is 1.65. The topological polar surface area (TPSA) is 120 Å². The number of carboxylic acids is 1. The van der Waals surface area contributed by atoms with Crippen LogP contribution in [-0.4, -0.2) is 57.2 Å². The van der Waals surface area contributed by atoms with E-state index in [0.29, 0.717) is 11.3 Å². The first kappa shape index (κ1) is 26.9. The number of amides is 2. The van der Waals surface area contributed by atoms with Crippen molar-refractivity contribution in [1.29, 1.82) is 0 Å². The monoisotopic (exact) mass is 509 g/mol. The second kappa shape index (κ2) is 11.9. The van der Waals surface area contributed by atoms with Gasteiger partial charge in [-0.2, -0.15) is 0 Å². The van der Waals surface area contributed by atoms with Gasteiger partial charge in [-0.1, -0.05) is 64.5 Å². The fourth-order valence-electron chi connectivity index (χ4n) is 5.97. The molecule has 0 bridgehead atoms. The van der Waals surface area contributed by atoms with Crippen LogP contribution >= 0.6 is 0 Å². The van der Waals surface area contributed by atoms with Crippen LogP contribution in [0.3, 0.4) is 0 Å². The second-order valence-corrected chi connectivity index (χ2v) is 11.0. The minimum absolute atomic E-state index is 0.0218. The Morgan fingerprint density at radius 3 is 2.27 bits per heavy atom. The van der Waals surface area contributed by atoms with Crippen molar-refractivity contribution in [2.75, 3.05) is 6.54 Å². The number of aromatic nitrogens is 1. The fraction of sp³-hybridized carbons (Fsp3) is 0.586. The van der Waals surface area contributed by atoms with E-state index in [4.69, 9.17) is 0 Å². The lowest BCUT2D eigenvalue weighted by Gasteiger charge is -2.38. The van der Waals surface area contributed by atoms with Gasteiger partial charge in [0.25, 0.3) is 11.7 Å². The zero-order valence-electron chi connectivity index (χ0n) is 21.9. The van der Waals surface area contributed by atoms with Gasteiger partial charge in [-0.15, -0.1) is 0 Å². The summed E-state index contributed by atoms with van der Waals surface area (Å²) in [5.41, 5.74) is 2.04. The number of hydrogen-bond donors (Lipinski definition) is 3. The normalized spacial score (nSPS) is 18.0. The summed E-state index contributed by atoms with van der Waals surface area (Å²) in [5, 5.41) is 13.4. The molecule has 200 valence electrons. The number of carbonyl (C=O) groups is 4. The first-order chi connectivity index (χ1) is 17.8. The number of fused-ring (bicyclic) bond motifs is 1. The summed E-state index contributed by atoms with van der Waals surface area (Å²) in [6.07, 6.45) is 10.8. The summed E-state index contributed by atoms with van der Waals surface area (Å²) >= 11 is 0. The number of hydrogen-bond acceptors (Lipinski definition) is 4. The molecule has 1 heterocycles. The number of carboxylic acid groups (broad SMARTS) is 1. The van der Waals surface area contributed by atoms with Crippen molar-refractivity contribution in [2.24, 2.45) is 5.92 Å². The molecule has 0 aliphatic heterocycles. The van der Waals surface area contributed by atoms with Gasteiger partial charge in [0.15, 0.2) is 0 Å². The van der Waals surface area contributed by atoms with Gasteiger partial charge in [-0.05, 0) is 49.1 Å². The number of ketones is 1. The smallest absolute Gasteiger partial charge is 0.323 e. The van der Waals surface area contributed by atoms with Crippen molar-refractivity contribution >= 4 is 34.5 Å². The highest BCUT2D eigenvalue weighted by Gasteiger charge is 2.41. The Kier molecular flexibility index (Phi) is 8.67. The largest absolute Gasteiger partial charge is 0.480 e. The highest BCUT2D eigenvalue weighted by Crippen LogP contribution is 2.31. The molecular weight excluding hydrogens is 470 g/mol. The Labute approximate surface area is 218 Å². The lowest BCUT2D eigenvalue weighted by Crippen LogP contribution is -2.58. The maximum Gasteiger partial charge on any atom is 0.323 e. The zero-order valence-corrected chi connectivity index (χ0v) is 21.9. The molecule has 37 heavy (non-hydrogen) atoms. The summed E-state index contributed by atoms with van der Waals surface area (Å²) in [4.78, 5) is 56.9. The first-order valence-corrected chi connectivity index (χ1v) is 13.7. The van der Waals surface area contributed by atoms with Gasteiger partial charge in [0.2, 0.25) is 5.91 Å². The molecule has 2 aliphatic rings. The molecule has 2 fully saturated rings. The molecule has 8 nitrogen and oxygen atoms in total. The van der Waals surface area contributed by atoms with Crippen LogP contribution < -0.4 is 5.32 Å². The van der Waals surface area contributed by atoms with Gasteiger partial charge in [0.05, 0.1) is 5.56 Å². The number of H-pyrrole nitrogens is 1. The average Bonchev–Trinajstić information content (AvgIpc) is 3.32. The number of benzene rings is 1. The quantitative estimate of drug-likeness (QED) is 0.332. The van der Waals surface area contributed by atoms with Crippen molar-refractivity contribution in [3.05, 3.63) is 35.5 Å². The van der Waals surface area contributed by atoms with Crippen molar-refractivity contribution in [3.63, 3.8) is 0 Å². The molecule has 1 atom stereocenters. The molecule has 1 aromatic carbocycles. The SMILES string of the molecule is CC(C)c1ccc2c(C(=O)C(=O)N(CC(=O)O)C(C(=O)NC3CCCCC3)C3CCCCC3)c[nH]c2c1. The van der Waals surface area contributed by atoms with Gasteiger partial charge < -0.3 is 20.3 Å². The van der Waals surface area contributed by atoms with Crippen LogP contribution in [-0.2, 0) is 14.4 Å². The van der Waals surface area contributed by atoms with E-state index < -0.39 is 30.2 Å². The molecule has 8 heteroatoms. The van der Waals surface area contributed by atoms with Crippen molar-refractivity contribution < 1.29 is 24.3 Å². The molecule has 4 rings (SSSR count). The second-order valence-electron chi connectivity index (χ2n) is 11.0. The van der Waals surface area contributed by atoms with E-state index in [1.165, 1.54) is 6.20 Å². The van der Waals surface area contributed by atoms with Crippen LogP contribution in [0.15, 0.2) is 24.4 Å². The van der Waals surface area contributed by atoms with Gasteiger partial charge in [0.1, 0.15) is 12.6 Å². The zero-order chi connectivity index (χ0) is 26.5. The highest BCUT2D eigenvalue weighted by atomic mass is 16.4. The fourth-order valence-corrected chi connectivity index (χ4v) is 5.97. The molecular formula is C29H39N3O5. The van der Waals surface area contributed by atoms with Crippen molar-refractivity contribution in [2.45, 2.75) is 96.1 Å². The van der Waals surface area contributed by atoms with E-state index in [0.717, 1.165) is 80.2 Å². The molecule has 2 amide bonds. The van der Waals surface area contributed by atoms with Crippen LogP contribution in [0, 0.1) is 5.92 Å². The third kappa shape index (κ3) is 6.22. The van der Waals surface area contributed by atoms with Crippen molar-refractivity contribution in [1.82, 2.24) is 15.2 Å². The summed E-state index contributed by atoms with van der Waals surface area (Å²) in [7, 11) is 0. The van der Waals surface area contributed by atoms with E-state index in [9.17, 15) is 24.3 Å². The lowest BCUT2D eigenvalue weighted by atomic mass is 9.82. The predicted octanol–water partition coefficient (Wildman–Crippen LogP) is 4.79. The number of aliphatic carboxylic acids is 1. The molecule has 2 aromatic rings. The third-order valence-electron chi connectivity index (χ3n) is 8.03. The molecule has 0 radical (unpaired) electrons. The molecule has 1 aromatic heterocycles. The van der Waals surface area contributed by atoms with Gasteiger partial charge in [-0.25, -0.2) is 0 Å². The molecule has 3 N–H and O–H groups in total. The Bertz CT molecular complexity index is 1140. The molecule has 2 saturated carbocycles. The molecule has 0 spiro atoms. The highest BCUT2D eigenvalue weighted by molar-refractivity contribution is 6.45. The maximum absolute atomic E-state index is 13.7. The summed E-state index contributed by atoms with van der Waals surface area (Å²) in [6.45, 7) is 3.46. The van der Waals surface area contributed by atoms with E-state index in [-0.39, 0.29) is 23.4 Å². The average molecular weight is 510 g/mol. The third-order valence-corrected chi connectivity index (χ3v) is 8.03. The predicted molar refractivity (Wildman–Crippen MR) is 141 cm³/mol. The molecule has 2 aliphatic carbocycles. The number of carbonyl (C=O) groups excluding carboxylic acids is 3. The van der Waals surface area contributed by atoms with Crippen LogP contribution in [0.25, 0.3) is 10.9 Å². The minimum Gasteiger partial charge on any atom is -0.480 e. The Hall–Kier alpha value is -3.16. The van der Waals surface area contributed by atoms with E-state index in [1.54, 1.807) is 0 Å². The Morgan fingerprint density at radius 2 is 1.65 bits per heavy atom. The first-order valence-electron chi connectivity index (χ1n) is 13.7. The van der Waals surface area contributed by atoms with Crippen LogP contribution in [0.5, 0.6) is 0 Å². The van der Waals surface area contributed by atoms with E-state index in [2.05, 4.69) is 24.1 Å². The lowest BCUT2D eigenvalue weighted by molar-refractivity contribution is -0.148. The van der Waals surface area contributed by atoms with Crippen molar-refractivity contribution in [3.8, 4) is 0 Å². The summed E-state index contributed by atoms with van der Waals surface area (Å²) in [6, 6.07) is 4.75. The van der Waals surface area contributed by atoms with E-state index in [1.807, 2.05) is 18.2 Å². The van der Waals surface area contributed by atoms with Crippen LogP contribution in [0.4, 0.5) is 0 Å². The maximum atomic E-state index is 13.7. The number of nitrogens with zero attached hydrogens (tertiary/aromatic N) is 1. The van der Waals surface area contributed by atoms with Gasteiger partial charge >= 0.3 is 5.97 Å². The molecule has 1 unspecified atom stereocenters. The number of nitrogens with one attached hydrogen (secondary N) is 2. The summed E-state index contributed by atoms with van der Waals surface area (Å²) in [5.74, 6) is -3.18.